The first-order valence-electron chi connectivity index (χ1n) is 7.15. The van der Waals surface area contributed by atoms with Crippen molar-refractivity contribution in [1.29, 1.82) is 0 Å². The molecule has 4 heteroatoms. The smallest absolute Gasteiger partial charge is 0.230 e. The van der Waals surface area contributed by atoms with Crippen molar-refractivity contribution in [3.8, 4) is 0 Å². The molecule has 3 aromatic rings. The number of carbonyl (C=O) groups is 1. The van der Waals surface area contributed by atoms with Crippen LogP contribution >= 0.6 is 15.9 Å². The third-order valence-electron chi connectivity index (χ3n) is 4.07. The molecule has 1 aliphatic heterocycles. The Morgan fingerprint density at radius 2 is 1.82 bits per heavy atom. The van der Waals surface area contributed by atoms with Crippen molar-refractivity contribution in [3.63, 3.8) is 0 Å². The molecule has 3 nitrogen and oxygen atoms in total. The number of hydrogen-bond donors (Lipinski definition) is 0. The van der Waals surface area contributed by atoms with Gasteiger partial charge in [-0.25, -0.2) is 0 Å². The van der Waals surface area contributed by atoms with E-state index >= 15 is 0 Å². The second-order valence-corrected chi connectivity index (χ2v) is 6.30. The number of halogens is 1. The van der Waals surface area contributed by atoms with Gasteiger partial charge in [-0.15, -0.1) is 0 Å². The maximum atomic E-state index is 12.2. The van der Waals surface area contributed by atoms with Crippen molar-refractivity contribution in [1.82, 2.24) is 4.98 Å². The first kappa shape index (κ1) is 13.5. The van der Waals surface area contributed by atoms with Crippen molar-refractivity contribution in [2.45, 2.75) is 12.5 Å². The molecular formula is C18H13BrN2O. The predicted octanol–water partition coefficient (Wildman–Crippen LogP) is 4.48. The molecule has 1 fully saturated rings. The van der Waals surface area contributed by atoms with E-state index in [0.29, 0.717) is 6.42 Å². The van der Waals surface area contributed by atoms with Gasteiger partial charge in [-0.05, 0) is 29.8 Å². The highest BCUT2D eigenvalue weighted by Gasteiger charge is 2.39. The van der Waals surface area contributed by atoms with E-state index in [1.165, 1.54) is 0 Å². The average molecular weight is 353 g/mol. The summed E-state index contributed by atoms with van der Waals surface area (Å²) in [4.78, 5) is 18.5. The number of fused-ring (bicyclic) bond motifs is 1. The van der Waals surface area contributed by atoms with Crippen LogP contribution in [0.15, 0.2) is 65.3 Å². The third-order valence-corrected chi connectivity index (χ3v) is 4.60. The normalized spacial score (nSPS) is 17.6. The minimum Gasteiger partial charge on any atom is -0.302 e. The number of amides is 1. The van der Waals surface area contributed by atoms with Crippen LogP contribution in [0.2, 0.25) is 0 Å². The molecular weight excluding hydrogens is 340 g/mol. The average Bonchev–Trinajstić information content (AvgIpc) is 2.54. The van der Waals surface area contributed by atoms with Crippen molar-refractivity contribution >= 4 is 38.4 Å². The summed E-state index contributed by atoms with van der Waals surface area (Å²) in [5.74, 6) is 0.145. The molecule has 1 aromatic heterocycles. The molecule has 2 aromatic carbocycles. The summed E-state index contributed by atoms with van der Waals surface area (Å²) in [6.07, 6.45) is 2.32. The van der Waals surface area contributed by atoms with E-state index in [2.05, 4.69) is 33.0 Å². The van der Waals surface area contributed by atoms with Gasteiger partial charge in [-0.2, -0.15) is 0 Å². The number of rotatable bonds is 2. The van der Waals surface area contributed by atoms with Gasteiger partial charge in [-0.1, -0.05) is 46.3 Å². The molecule has 0 N–H and O–H groups in total. The number of anilines is 1. The van der Waals surface area contributed by atoms with Crippen molar-refractivity contribution in [2.24, 2.45) is 0 Å². The number of carbonyl (C=O) groups excluding carboxylic acids is 1. The maximum Gasteiger partial charge on any atom is 0.230 e. The van der Waals surface area contributed by atoms with E-state index in [1.54, 1.807) is 6.20 Å². The molecule has 108 valence electrons. The lowest BCUT2D eigenvalue weighted by Crippen LogP contribution is -2.46. The monoisotopic (exact) mass is 352 g/mol. The van der Waals surface area contributed by atoms with E-state index in [0.717, 1.165) is 26.6 Å². The molecule has 0 spiro atoms. The van der Waals surface area contributed by atoms with Crippen molar-refractivity contribution in [3.05, 3.63) is 70.8 Å². The molecule has 22 heavy (non-hydrogen) atoms. The molecule has 0 saturated carbocycles. The van der Waals surface area contributed by atoms with Crippen molar-refractivity contribution < 1.29 is 4.79 Å². The first-order chi connectivity index (χ1) is 10.7. The quantitative estimate of drug-likeness (QED) is 0.637. The molecule has 0 bridgehead atoms. The molecule has 1 amide bonds. The van der Waals surface area contributed by atoms with E-state index in [1.807, 2.05) is 47.4 Å². The summed E-state index contributed by atoms with van der Waals surface area (Å²) < 4.78 is 1.04. The van der Waals surface area contributed by atoms with E-state index in [-0.39, 0.29) is 11.9 Å². The number of aromatic nitrogens is 1. The number of nitrogens with zero attached hydrogens (tertiary/aromatic N) is 2. The van der Waals surface area contributed by atoms with Crippen LogP contribution in [0.25, 0.3) is 10.9 Å². The fourth-order valence-corrected chi connectivity index (χ4v) is 3.22. The van der Waals surface area contributed by atoms with Gasteiger partial charge in [0.25, 0.3) is 0 Å². The predicted molar refractivity (Wildman–Crippen MR) is 90.7 cm³/mol. The number of para-hydroxylation sites is 1. The summed E-state index contributed by atoms with van der Waals surface area (Å²) in [6, 6.07) is 18.1. The van der Waals surface area contributed by atoms with Crippen LogP contribution in [0, 0.1) is 0 Å². The van der Waals surface area contributed by atoms with Crippen LogP contribution in [0.5, 0.6) is 0 Å². The van der Waals surface area contributed by atoms with Crippen LogP contribution < -0.4 is 4.90 Å². The Bertz CT molecular complexity index is 855. The van der Waals surface area contributed by atoms with Gasteiger partial charge in [0.2, 0.25) is 5.91 Å². The van der Waals surface area contributed by atoms with Gasteiger partial charge < -0.3 is 4.90 Å². The zero-order chi connectivity index (χ0) is 15.1. The van der Waals surface area contributed by atoms with Crippen LogP contribution in [0.1, 0.15) is 18.0 Å². The molecule has 0 aliphatic carbocycles. The fraction of sp³-hybridized carbons (Fsp3) is 0.111. The van der Waals surface area contributed by atoms with Crippen LogP contribution in [-0.4, -0.2) is 10.9 Å². The highest BCUT2D eigenvalue weighted by molar-refractivity contribution is 9.10. The standard InChI is InChI=1S/C18H13BrN2O/c19-14-8-6-12(7-9-14)16-11-17(22)21(16)15-5-1-3-13-4-2-10-20-18(13)15/h1-10,16H,11H2. The topological polar surface area (TPSA) is 33.2 Å². The lowest BCUT2D eigenvalue weighted by molar-refractivity contribution is -0.124. The molecule has 1 aliphatic rings. The highest BCUT2D eigenvalue weighted by Crippen LogP contribution is 2.41. The SMILES string of the molecule is O=C1CC(c2ccc(Br)cc2)N1c1cccc2cccnc12. The molecule has 1 saturated heterocycles. The van der Waals surface area contributed by atoms with Crippen LogP contribution in [0.3, 0.4) is 0 Å². The van der Waals surface area contributed by atoms with Gasteiger partial charge in [0.05, 0.1) is 23.7 Å². The lowest BCUT2D eigenvalue weighted by atomic mass is 9.92. The summed E-state index contributed by atoms with van der Waals surface area (Å²) in [6.45, 7) is 0. The van der Waals surface area contributed by atoms with Gasteiger partial charge in [0.1, 0.15) is 0 Å². The molecule has 0 radical (unpaired) electrons. The van der Waals surface area contributed by atoms with Crippen LogP contribution in [-0.2, 0) is 4.79 Å². The number of β-lactam (4-membered cyclic amide) rings is 1. The Morgan fingerprint density at radius 1 is 1.05 bits per heavy atom. The fourth-order valence-electron chi connectivity index (χ4n) is 2.95. The van der Waals surface area contributed by atoms with Crippen LogP contribution in [0.4, 0.5) is 5.69 Å². The Balaban J connectivity index is 1.79. The molecule has 4 rings (SSSR count). The van der Waals surface area contributed by atoms with Gasteiger partial charge in [0.15, 0.2) is 0 Å². The number of benzene rings is 2. The maximum absolute atomic E-state index is 12.2. The lowest BCUT2D eigenvalue weighted by Gasteiger charge is -2.41. The minimum atomic E-state index is 0.0909. The van der Waals surface area contributed by atoms with Gasteiger partial charge >= 0.3 is 0 Å². The minimum absolute atomic E-state index is 0.0909. The van der Waals surface area contributed by atoms with Crippen molar-refractivity contribution in [2.75, 3.05) is 4.90 Å². The summed E-state index contributed by atoms with van der Waals surface area (Å²) >= 11 is 3.45. The zero-order valence-corrected chi connectivity index (χ0v) is 13.3. The molecule has 1 atom stereocenters. The molecule has 2 heterocycles. The highest BCUT2D eigenvalue weighted by atomic mass is 79.9. The number of hydrogen-bond acceptors (Lipinski definition) is 2. The van der Waals surface area contributed by atoms with Gasteiger partial charge in [-0.3, -0.25) is 9.78 Å². The second-order valence-electron chi connectivity index (χ2n) is 5.39. The number of pyridine rings is 1. The Kier molecular flexibility index (Phi) is 3.19. The van der Waals surface area contributed by atoms with E-state index < -0.39 is 0 Å². The Labute approximate surface area is 136 Å². The first-order valence-corrected chi connectivity index (χ1v) is 7.94. The third kappa shape index (κ3) is 2.11. The summed E-state index contributed by atoms with van der Waals surface area (Å²) in [7, 11) is 0. The van der Waals surface area contributed by atoms with Gasteiger partial charge in [0, 0.05) is 16.1 Å². The molecule has 1 unspecified atom stereocenters. The van der Waals surface area contributed by atoms with E-state index in [9.17, 15) is 4.79 Å². The Hall–Kier alpha value is -2.20. The Morgan fingerprint density at radius 3 is 2.59 bits per heavy atom. The summed E-state index contributed by atoms with van der Waals surface area (Å²) in [5, 5.41) is 1.05. The zero-order valence-electron chi connectivity index (χ0n) is 11.7. The van der Waals surface area contributed by atoms with E-state index in [4.69, 9.17) is 0 Å². The summed E-state index contributed by atoms with van der Waals surface area (Å²) in [5.41, 5.74) is 2.91. The largest absolute Gasteiger partial charge is 0.302 e. The second kappa shape index (κ2) is 5.21.